The minimum Gasteiger partial charge on any atom is -0.366 e. The first-order valence-electron chi connectivity index (χ1n) is 6.28. The second-order valence-corrected chi connectivity index (χ2v) is 5.08. The van der Waals surface area contributed by atoms with E-state index in [1.807, 2.05) is 14.1 Å². The van der Waals surface area contributed by atoms with Crippen molar-refractivity contribution in [3.8, 4) is 0 Å². The number of hydrogen-bond acceptors (Lipinski definition) is 4. The topological polar surface area (TPSA) is 53.6 Å². The molecule has 1 heterocycles. The lowest BCUT2D eigenvalue weighted by atomic mass is 10.0. The lowest BCUT2D eigenvalue weighted by Gasteiger charge is -2.29. The first kappa shape index (κ1) is 14.4. The molecule has 0 saturated carbocycles. The molecule has 17 heavy (non-hydrogen) atoms. The van der Waals surface area contributed by atoms with Crippen molar-refractivity contribution in [1.82, 2.24) is 15.5 Å². The third-order valence-electron chi connectivity index (χ3n) is 3.14. The molecule has 1 aliphatic heterocycles. The van der Waals surface area contributed by atoms with Crippen LogP contribution in [-0.2, 0) is 9.53 Å². The summed E-state index contributed by atoms with van der Waals surface area (Å²) in [5.74, 6) is 0.500. The molecule has 2 atom stereocenters. The normalized spacial score (nSPS) is 22.8. The van der Waals surface area contributed by atoms with Crippen LogP contribution in [0, 0.1) is 5.92 Å². The number of carbonyl (C=O) groups is 1. The second-order valence-electron chi connectivity index (χ2n) is 5.08. The Morgan fingerprint density at radius 3 is 2.71 bits per heavy atom. The molecule has 2 unspecified atom stereocenters. The lowest BCUT2D eigenvalue weighted by molar-refractivity contribution is -0.134. The molecule has 1 rings (SSSR count). The van der Waals surface area contributed by atoms with Crippen LogP contribution in [0.25, 0.3) is 0 Å². The standard InChI is InChI=1S/C12H25N3O2/c1-9(2)10(15(3)4)7-14-12(16)11-8-13-5-6-17-11/h9-11,13H,5-8H2,1-4H3,(H,14,16). The monoisotopic (exact) mass is 243 g/mol. The molecule has 5 heteroatoms. The molecule has 0 aromatic rings. The molecule has 0 spiro atoms. The maximum Gasteiger partial charge on any atom is 0.250 e. The second kappa shape index (κ2) is 6.93. The molecule has 0 radical (unpaired) electrons. The number of hydrogen-bond donors (Lipinski definition) is 2. The molecule has 5 nitrogen and oxygen atoms in total. The molecular formula is C12H25N3O2. The largest absolute Gasteiger partial charge is 0.366 e. The van der Waals surface area contributed by atoms with Gasteiger partial charge in [0.1, 0.15) is 6.10 Å². The molecular weight excluding hydrogens is 218 g/mol. The van der Waals surface area contributed by atoms with Crippen LogP contribution in [0.2, 0.25) is 0 Å². The van der Waals surface area contributed by atoms with E-state index in [0.29, 0.717) is 31.7 Å². The van der Waals surface area contributed by atoms with Gasteiger partial charge >= 0.3 is 0 Å². The maximum absolute atomic E-state index is 11.9. The van der Waals surface area contributed by atoms with Crippen LogP contribution < -0.4 is 10.6 Å². The average molecular weight is 243 g/mol. The Balaban J connectivity index is 2.35. The predicted octanol–water partition coefficient (Wildman–Crippen LogP) is -0.323. The average Bonchev–Trinajstić information content (AvgIpc) is 2.29. The third kappa shape index (κ3) is 4.61. The van der Waals surface area contributed by atoms with Crippen molar-refractivity contribution in [3.63, 3.8) is 0 Å². The van der Waals surface area contributed by atoms with Crippen LogP contribution in [0.4, 0.5) is 0 Å². The summed E-state index contributed by atoms with van der Waals surface area (Å²) in [7, 11) is 4.07. The van der Waals surface area contributed by atoms with E-state index in [0.717, 1.165) is 6.54 Å². The summed E-state index contributed by atoms with van der Waals surface area (Å²) in [6, 6.07) is 0.357. The van der Waals surface area contributed by atoms with Gasteiger partial charge in [0.15, 0.2) is 0 Å². The van der Waals surface area contributed by atoms with Gasteiger partial charge in [-0.1, -0.05) is 13.8 Å². The van der Waals surface area contributed by atoms with E-state index in [1.54, 1.807) is 0 Å². The SMILES string of the molecule is CC(C)C(CNC(=O)C1CNCCO1)N(C)C. The van der Waals surface area contributed by atoms with Gasteiger partial charge in [-0.25, -0.2) is 0 Å². The minimum absolute atomic E-state index is 0.00954. The highest BCUT2D eigenvalue weighted by atomic mass is 16.5. The van der Waals surface area contributed by atoms with E-state index in [-0.39, 0.29) is 12.0 Å². The number of amides is 1. The van der Waals surface area contributed by atoms with E-state index >= 15 is 0 Å². The fraction of sp³-hybridized carbons (Fsp3) is 0.917. The summed E-state index contributed by atoms with van der Waals surface area (Å²) in [5, 5.41) is 6.12. The third-order valence-corrected chi connectivity index (χ3v) is 3.14. The van der Waals surface area contributed by atoms with Crippen molar-refractivity contribution in [2.75, 3.05) is 40.3 Å². The zero-order valence-corrected chi connectivity index (χ0v) is 11.3. The molecule has 0 bridgehead atoms. The molecule has 1 aliphatic rings. The van der Waals surface area contributed by atoms with E-state index in [4.69, 9.17) is 4.74 Å². The van der Waals surface area contributed by atoms with E-state index in [2.05, 4.69) is 29.4 Å². The summed E-state index contributed by atoms with van der Waals surface area (Å²) in [6.07, 6.45) is -0.335. The first-order valence-corrected chi connectivity index (χ1v) is 6.28. The predicted molar refractivity (Wildman–Crippen MR) is 67.9 cm³/mol. The Bertz CT molecular complexity index is 230. The number of likely N-dealkylation sites (N-methyl/N-ethyl adjacent to an activating group) is 1. The van der Waals surface area contributed by atoms with Gasteiger partial charge in [0.2, 0.25) is 0 Å². The zero-order chi connectivity index (χ0) is 12.8. The Labute approximate surface area is 104 Å². The fourth-order valence-electron chi connectivity index (χ4n) is 2.07. The van der Waals surface area contributed by atoms with Crippen molar-refractivity contribution in [3.05, 3.63) is 0 Å². The molecule has 0 aromatic heterocycles. The van der Waals surface area contributed by atoms with Crippen LogP contribution in [0.3, 0.4) is 0 Å². The van der Waals surface area contributed by atoms with E-state index in [9.17, 15) is 4.79 Å². The highest BCUT2D eigenvalue weighted by Crippen LogP contribution is 2.06. The first-order chi connectivity index (χ1) is 8.02. The molecule has 1 fully saturated rings. The summed E-state index contributed by atoms with van der Waals surface area (Å²) in [6.45, 7) is 7.05. The van der Waals surface area contributed by atoms with Crippen molar-refractivity contribution in [2.24, 2.45) is 5.92 Å². The van der Waals surface area contributed by atoms with Gasteiger partial charge in [0.25, 0.3) is 5.91 Å². The van der Waals surface area contributed by atoms with Crippen LogP contribution in [0.1, 0.15) is 13.8 Å². The molecule has 0 aromatic carbocycles. The van der Waals surface area contributed by atoms with E-state index in [1.165, 1.54) is 0 Å². The number of nitrogens with one attached hydrogen (secondary N) is 2. The smallest absolute Gasteiger partial charge is 0.250 e. The highest BCUT2D eigenvalue weighted by molar-refractivity contribution is 5.81. The summed E-state index contributed by atoms with van der Waals surface area (Å²) < 4.78 is 5.40. The van der Waals surface area contributed by atoms with Crippen LogP contribution in [-0.4, -0.2) is 63.3 Å². The van der Waals surface area contributed by atoms with Crippen molar-refractivity contribution in [2.45, 2.75) is 26.0 Å². The van der Waals surface area contributed by atoms with Gasteiger partial charge in [-0.05, 0) is 20.0 Å². The summed E-state index contributed by atoms with van der Waals surface area (Å²) in [4.78, 5) is 14.0. The number of ether oxygens (including phenoxy) is 1. The Hall–Kier alpha value is -0.650. The highest BCUT2D eigenvalue weighted by Gasteiger charge is 2.23. The molecule has 1 amide bonds. The molecule has 0 aliphatic carbocycles. The van der Waals surface area contributed by atoms with Gasteiger partial charge in [0, 0.05) is 25.7 Å². The zero-order valence-electron chi connectivity index (χ0n) is 11.3. The van der Waals surface area contributed by atoms with Gasteiger partial charge in [-0.2, -0.15) is 0 Å². The van der Waals surface area contributed by atoms with Crippen molar-refractivity contribution >= 4 is 5.91 Å². The van der Waals surface area contributed by atoms with Crippen molar-refractivity contribution in [1.29, 1.82) is 0 Å². The maximum atomic E-state index is 11.9. The number of nitrogens with zero attached hydrogens (tertiary/aromatic N) is 1. The number of rotatable bonds is 5. The summed E-state index contributed by atoms with van der Waals surface area (Å²) in [5.41, 5.74) is 0. The van der Waals surface area contributed by atoms with Crippen LogP contribution in [0.15, 0.2) is 0 Å². The number of carbonyl (C=O) groups excluding carboxylic acids is 1. The Morgan fingerprint density at radius 1 is 1.53 bits per heavy atom. The number of morpholine rings is 1. The van der Waals surface area contributed by atoms with Crippen LogP contribution >= 0.6 is 0 Å². The molecule has 2 N–H and O–H groups in total. The summed E-state index contributed by atoms with van der Waals surface area (Å²) >= 11 is 0. The van der Waals surface area contributed by atoms with Gasteiger partial charge in [-0.3, -0.25) is 4.79 Å². The van der Waals surface area contributed by atoms with Crippen molar-refractivity contribution < 1.29 is 9.53 Å². The Kier molecular flexibility index (Phi) is 5.88. The van der Waals surface area contributed by atoms with Gasteiger partial charge in [-0.15, -0.1) is 0 Å². The fourth-order valence-corrected chi connectivity index (χ4v) is 2.07. The lowest BCUT2D eigenvalue weighted by Crippen LogP contribution is -2.51. The van der Waals surface area contributed by atoms with Crippen LogP contribution in [0.5, 0.6) is 0 Å². The Morgan fingerprint density at radius 2 is 2.24 bits per heavy atom. The molecule has 1 saturated heterocycles. The van der Waals surface area contributed by atoms with E-state index < -0.39 is 0 Å². The van der Waals surface area contributed by atoms with Gasteiger partial charge < -0.3 is 20.3 Å². The van der Waals surface area contributed by atoms with Gasteiger partial charge in [0.05, 0.1) is 6.61 Å². The quantitative estimate of drug-likeness (QED) is 0.695. The minimum atomic E-state index is -0.335. The molecule has 100 valence electrons.